The lowest BCUT2D eigenvalue weighted by molar-refractivity contribution is -0.343. The fourth-order valence-corrected chi connectivity index (χ4v) is 0.857. The quantitative estimate of drug-likeness (QED) is 0.629. The summed E-state index contributed by atoms with van der Waals surface area (Å²) in [4.78, 5) is 0. The third kappa shape index (κ3) is 6.16. The van der Waals surface area contributed by atoms with E-state index in [-0.39, 0.29) is 0 Å². The average molecular weight is 170 g/mol. The van der Waals surface area contributed by atoms with Crippen LogP contribution in [0.2, 0.25) is 0 Å². The van der Waals surface area contributed by atoms with Gasteiger partial charge < -0.3 is 0 Å². The van der Waals surface area contributed by atoms with Crippen molar-refractivity contribution in [2.75, 3.05) is 0 Å². The van der Waals surface area contributed by atoms with Crippen molar-refractivity contribution in [2.24, 2.45) is 0 Å². The van der Waals surface area contributed by atoms with Gasteiger partial charge in [0.2, 0.25) is 0 Å². The second-order valence-electron chi connectivity index (χ2n) is 2.38. The first-order chi connectivity index (χ1) is 4.99. The van der Waals surface area contributed by atoms with Crippen LogP contribution in [0.25, 0.3) is 0 Å². The molecule has 0 aromatic carbocycles. The van der Waals surface area contributed by atoms with Crippen LogP contribution in [-0.4, -0.2) is 12.5 Å². The molecule has 0 radical (unpaired) electrons. The van der Waals surface area contributed by atoms with Crippen LogP contribution in [0.5, 0.6) is 0 Å². The van der Waals surface area contributed by atoms with Crippen LogP contribution in [-0.2, 0) is 4.74 Å². The molecule has 0 saturated heterocycles. The lowest BCUT2D eigenvalue weighted by Crippen LogP contribution is -2.22. The number of rotatable bonds is 4. The van der Waals surface area contributed by atoms with E-state index < -0.39 is 12.5 Å². The van der Waals surface area contributed by atoms with Gasteiger partial charge in [-0.25, -0.2) is 0 Å². The molecule has 1 nitrogen and oxygen atoms in total. The van der Waals surface area contributed by atoms with Crippen molar-refractivity contribution < 1.29 is 17.9 Å². The van der Waals surface area contributed by atoms with E-state index in [9.17, 15) is 13.2 Å². The predicted molar refractivity (Wildman–Crippen MR) is 36.1 cm³/mol. The molecular weight excluding hydrogens is 157 g/mol. The van der Waals surface area contributed by atoms with E-state index in [0.29, 0.717) is 19.3 Å². The van der Waals surface area contributed by atoms with Crippen molar-refractivity contribution in [3.63, 3.8) is 0 Å². The molecule has 0 aliphatic rings. The van der Waals surface area contributed by atoms with Gasteiger partial charge in [0.15, 0.2) is 0 Å². The predicted octanol–water partition coefficient (Wildman–Crippen LogP) is 3.10. The maximum atomic E-state index is 11.6. The van der Waals surface area contributed by atoms with E-state index in [0.717, 1.165) is 0 Å². The summed E-state index contributed by atoms with van der Waals surface area (Å²) >= 11 is 0. The molecule has 0 N–H and O–H groups in total. The molecule has 11 heavy (non-hydrogen) atoms. The Labute approximate surface area is 64.5 Å². The Balaban J connectivity index is 3.68. The van der Waals surface area contributed by atoms with Crippen LogP contribution < -0.4 is 0 Å². The fraction of sp³-hybridized carbons (Fsp3) is 1.00. The Kier molecular flexibility index (Phi) is 4.49. The first-order valence-corrected chi connectivity index (χ1v) is 3.74. The highest BCUT2D eigenvalue weighted by atomic mass is 19.4. The lowest BCUT2D eigenvalue weighted by Gasteiger charge is -2.16. The molecule has 0 saturated carbocycles. The van der Waals surface area contributed by atoms with Crippen molar-refractivity contribution in [3.8, 4) is 0 Å². The van der Waals surface area contributed by atoms with Gasteiger partial charge >= 0.3 is 6.36 Å². The summed E-state index contributed by atoms with van der Waals surface area (Å²) in [7, 11) is 0. The first-order valence-electron chi connectivity index (χ1n) is 3.74. The molecule has 0 aliphatic carbocycles. The topological polar surface area (TPSA) is 9.23 Å². The molecule has 0 aromatic heterocycles. The van der Waals surface area contributed by atoms with E-state index in [1.165, 1.54) is 0 Å². The largest absolute Gasteiger partial charge is 0.522 e. The number of ether oxygens (including phenoxy) is 1. The lowest BCUT2D eigenvalue weighted by atomic mass is 10.2. The summed E-state index contributed by atoms with van der Waals surface area (Å²) in [6, 6.07) is 0. The molecule has 0 heterocycles. The Hall–Kier alpha value is -0.250. The van der Waals surface area contributed by atoms with Crippen molar-refractivity contribution >= 4 is 0 Å². The molecule has 0 rings (SSSR count). The van der Waals surface area contributed by atoms with Crippen LogP contribution >= 0.6 is 0 Å². The summed E-state index contributed by atoms with van der Waals surface area (Å²) in [5, 5.41) is 0. The third-order valence-electron chi connectivity index (χ3n) is 1.37. The smallest absolute Gasteiger partial charge is 0.289 e. The van der Waals surface area contributed by atoms with E-state index >= 15 is 0 Å². The standard InChI is InChI=1S/C7H13F3O/c1-3-5-6(4-2)11-7(8,9)10/h6H,3-5H2,1-2H3. The van der Waals surface area contributed by atoms with Crippen molar-refractivity contribution in [1.82, 2.24) is 0 Å². The highest BCUT2D eigenvalue weighted by molar-refractivity contribution is 4.54. The maximum Gasteiger partial charge on any atom is 0.522 e. The minimum atomic E-state index is -4.48. The highest BCUT2D eigenvalue weighted by Gasteiger charge is 2.32. The molecule has 0 fully saturated rings. The molecule has 0 spiro atoms. The molecule has 4 heteroatoms. The fourth-order valence-electron chi connectivity index (χ4n) is 0.857. The van der Waals surface area contributed by atoms with Gasteiger partial charge in [0.05, 0.1) is 6.10 Å². The Bertz CT molecular complexity index is 100. The van der Waals surface area contributed by atoms with Gasteiger partial charge in [0.25, 0.3) is 0 Å². The second-order valence-corrected chi connectivity index (χ2v) is 2.38. The zero-order valence-electron chi connectivity index (χ0n) is 6.74. The molecule has 0 aliphatic heterocycles. The van der Waals surface area contributed by atoms with Crippen LogP contribution in [0.1, 0.15) is 33.1 Å². The summed E-state index contributed by atoms with van der Waals surface area (Å²) < 4.78 is 38.6. The molecular formula is C7H13F3O. The summed E-state index contributed by atoms with van der Waals surface area (Å²) in [6.07, 6.45) is -3.55. The van der Waals surface area contributed by atoms with Gasteiger partial charge in [-0.15, -0.1) is 13.2 Å². The molecule has 0 aromatic rings. The summed E-state index contributed by atoms with van der Waals surface area (Å²) in [5.74, 6) is 0. The third-order valence-corrected chi connectivity index (χ3v) is 1.37. The van der Waals surface area contributed by atoms with Crippen LogP contribution in [0.3, 0.4) is 0 Å². The van der Waals surface area contributed by atoms with E-state index in [1.807, 2.05) is 6.92 Å². The Morgan fingerprint density at radius 2 is 1.82 bits per heavy atom. The van der Waals surface area contributed by atoms with Gasteiger partial charge in [-0.2, -0.15) is 0 Å². The first kappa shape index (κ1) is 10.8. The van der Waals surface area contributed by atoms with Crippen LogP contribution in [0, 0.1) is 0 Å². The van der Waals surface area contributed by atoms with Crippen molar-refractivity contribution in [3.05, 3.63) is 0 Å². The normalized spacial score (nSPS) is 15.0. The van der Waals surface area contributed by atoms with Crippen LogP contribution in [0.4, 0.5) is 13.2 Å². The summed E-state index contributed by atoms with van der Waals surface area (Å²) in [5.41, 5.74) is 0. The van der Waals surface area contributed by atoms with E-state index in [2.05, 4.69) is 4.74 Å². The van der Waals surface area contributed by atoms with E-state index in [4.69, 9.17) is 0 Å². The zero-order valence-corrected chi connectivity index (χ0v) is 6.74. The monoisotopic (exact) mass is 170 g/mol. The average Bonchev–Trinajstić information content (AvgIpc) is 1.84. The number of hydrogen-bond donors (Lipinski definition) is 0. The van der Waals surface area contributed by atoms with Gasteiger partial charge in [-0.1, -0.05) is 20.3 Å². The zero-order chi connectivity index (χ0) is 8.91. The van der Waals surface area contributed by atoms with Crippen molar-refractivity contribution in [2.45, 2.75) is 45.6 Å². The molecule has 1 unspecified atom stereocenters. The van der Waals surface area contributed by atoms with Crippen molar-refractivity contribution in [1.29, 1.82) is 0 Å². The van der Waals surface area contributed by atoms with E-state index in [1.54, 1.807) is 6.92 Å². The minimum Gasteiger partial charge on any atom is -0.289 e. The number of halogens is 3. The maximum absolute atomic E-state index is 11.6. The van der Waals surface area contributed by atoms with Crippen LogP contribution in [0.15, 0.2) is 0 Å². The molecule has 1 atom stereocenters. The second kappa shape index (κ2) is 4.59. The Morgan fingerprint density at radius 3 is 2.09 bits per heavy atom. The number of hydrogen-bond acceptors (Lipinski definition) is 1. The van der Waals surface area contributed by atoms with Gasteiger partial charge in [-0.3, -0.25) is 4.74 Å². The summed E-state index contributed by atoms with van der Waals surface area (Å²) in [6.45, 7) is 3.52. The number of alkyl halides is 3. The van der Waals surface area contributed by atoms with Gasteiger partial charge in [0.1, 0.15) is 0 Å². The minimum absolute atomic E-state index is 0.410. The molecule has 0 amide bonds. The molecule has 68 valence electrons. The molecule has 0 bridgehead atoms. The SMILES string of the molecule is CCCC(CC)OC(F)(F)F. The van der Waals surface area contributed by atoms with Gasteiger partial charge in [-0.05, 0) is 12.8 Å². The van der Waals surface area contributed by atoms with Gasteiger partial charge in [0, 0.05) is 0 Å². The highest BCUT2D eigenvalue weighted by Crippen LogP contribution is 2.22. The Morgan fingerprint density at radius 1 is 1.27 bits per heavy atom.